The average molecular weight is 586 g/mol. The van der Waals surface area contributed by atoms with Gasteiger partial charge in [-0.05, 0) is 49.7 Å². The third kappa shape index (κ3) is 4.76. The van der Waals surface area contributed by atoms with E-state index in [9.17, 15) is 24.6 Å². The van der Waals surface area contributed by atoms with Gasteiger partial charge in [-0.2, -0.15) is 0 Å². The molecule has 3 heterocycles. The first kappa shape index (κ1) is 30.0. The molecule has 2 fully saturated rings. The van der Waals surface area contributed by atoms with Crippen molar-refractivity contribution in [3.8, 4) is 0 Å². The number of ether oxygens (including phenoxy) is 5. The molecule has 1 aromatic heterocycles. The Labute approximate surface area is 244 Å². The Morgan fingerprint density at radius 3 is 2.33 bits per heavy atom. The molecule has 11 heteroatoms. The predicted molar refractivity (Wildman–Crippen MR) is 147 cm³/mol. The lowest BCUT2D eigenvalue weighted by Gasteiger charge is -2.67. The Morgan fingerprint density at radius 2 is 1.71 bits per heavy atom. The van der Waals surface area contributed by atoms with Crippen LogP contribution in [0.25, 0.3) is 5.76 Å². The van der Waals surface area contributed by atoms with Gasteiger partial charge in [-0.3, -0.25) is 19.4 Å². The summed E-state index contributed by atoms with van der Waals surface area (Å²) in [5, 5.41) is 23.2. The molecule has 0 aromatic carbocycles. The zero-order valence-corrected chi connectivity index (χ0v) is 24.8. The highest BCUT2D eigenvalue weighted by Crippen LogP contribution is 2.67. The second-order valence-corrected chi connectivity index (χ2v) is 12.5. The summed E-state index contributed by atoms with van der Waals surface area (Å²) in [5.74, 6) is -1.83. The Balaban J connectivity index is 1.63. The molecule has 11 nitrogen and oxygen atoms in total. The Bertz CT molecular complexity index is 1330. The van der Waals surface area contributed by atoms with Gasteiger partial charge in [0.25, 0.3) is 0 Å². The third-order valence-corrected chi connectivity index (χ3v) is 10.1. The van der Waals surface area contributed by atoms with Gasteiger partial charge < -0.3 is 33.9 Å². The van der Waals surface area contributed by atoms with Gasteiger partial charge in [0, 0.05) is 56.1 Å². The highest BCUT2D eigenvalue weighted by Gasteiger charge is 2.71. The summed E-state index contributed by atoms with van der Waals surface area (Å²) in [7, 11) is 0. The lowest BCUT2D eigenvalue weighted by molar-refractivity contribution is -0.280. The molecule has 9 unspecified atom stereocenters. The van der Waals surface area contributed by atoms with Crippen LogP contribution in [0.4, 0.5) is 0 Å². The fourth-order valence-electron chi connectivity index (χ4n) is 7.86. The lowest BCUT2D eigenvalue weighted by atomic mass is 9.42. The zero-order valence-electron chi connectivity index (χ0n) is 24.8. The van der Waals surface area contributed by atoms with Crippen molar-refractivity contribution in [2.75, 3.05) is 6.61 Å². The summed E-state index contributed by atoms with van der Waals surface area (Å²) >= 11 is 0. The van der Waals surface area contributed by atoms with Crippen LogP contribution < -0.4 is 0 Å². The largest absolute Gasteiger partial charge is 0.483 e. The minimum Gasteiger partial charge on any atom is -0.483 e. The molecule has 4 aliphatic rings. The molecule has 42 heavy (non-hydrogen) atoms. The van der Waals surface area contributed by atoms with E-state index in [1.165, 1.54) is 20.8 Å². The van der Waals surface area contributed by atoms with Crippen LogP contribution in [0.1, 0.15) is 66.4 Å². The number of aromatic nitrogens is 1. The average Bonchev–Trinajstić information content (AvgIpc) is 2.90. The van der Waals surface area contributed by atoms with E-state index in [0.717, 1.165) is 0 Å². The molecular weight excluding hydrogens is 546 g/mol. The summed E-state index contributed by atoms with van der Waals surface area (Å²) in [5.41, 5.74) is -2.08. The number of allylic oxidation sites excluding steroid dienone is 1. The smallest absolute Gasteiger partial charge is 0.303 e. The van der Waals surface area contributed by atoms with E-state index >= 15 is 0 Å². The fourth-order valence-corrected chi connectivity index (χ4v) is 7.86. The van der Waals surface area contributed by atoms with Crippen molar-refractivity contribution in [2.45, 2.75) is 91.0 Å². The van der Waals surface area contributed by atoms with Crippen LogP contribution in [-0.2, 0) is 38.1 Å². The molecule has 2 aliphatic heterocycles. The second-order valence-electron chi connectivity index (χ2n) is 12.5. The van der Waals surface area contributed by atoms with Crippen molar-refractivity contribution < 1.29 is 48.3 Å². The number of pyridine rings is 1. The molecule has 1 aromatic rings. The number of hydrogen-bond acceptors (Lipinski definition) is 11. The molecular formula is C31H39NO10. The number of fused-ring (bicyclic) bond motifs is 3. The number of rotatable bonds is 5. The Hall–Kier alpha value is -3.44. The van der Waals surface area contributed by atoms with Crippen LogP contribution in [0.3, 0.4) is 0 Å². The van der Waals surface area contributed by atoms with Gasteiger partial charge in [0.2, 0.25) is 6.29 Å². The molecule has 228 valence electrons. The van der Waals surface area contributed by atoms with Crippen molar-refractivity contribution in [1.29, 1.82) is 0 Å². The van der Waals surface area contributed by atoms with E-state index < -0.39 is 64.9 Å². The zero-order chi connectivity index (χ0) is 30.6. The van der Waals surface area contributed by atoms with E-state index in [1.54, 1.807) is 30.6 Å². The lowest BCUT2D eigenvalue weighted by Crippen LogP contribution is -2.72. The van der Waals surface area contributed by atoms with E-state index in [1.807, 2.05) is 20.8 Å². The van der Waals surface area contributed by atoms with Gasteiger partial charge in [0.05, 0.1) is 11.7 Å². The van der Waals surface area contributed by atoms with Crippen LogP contribution in [-0.4, -0.2) is 69.9 Å². The minimum absolute atomic E-state index is 0.0443. The molecule has 0 radical (unpaired) electrons. The minimum atomic E-state index is -1.50. The number of nitrogens with zero attached hydrogens (tertiary/aromatic N) is 1. The molecule has 0 amide bonds. The van der Waals surface area contributed by atoms with Gasteiger partial charge in [-0.15, -0.1) is 0 Å². The highest BCUT2D eigenvalue weighted by atomic mass is 16.6. The van der Waals surface area contributed by atoms with Crippen LogP contribution in [0.5, 0.6) is 0 Å². The Morgan fingerprint density at radius 1 is 1.02 bits per heavy atom. The van der Waals surface area contributed by atoms with Crippen molar-refractivity contribution in [1.82, 2.24) is 4.98 Å². The van der Waals surface area contributed by atoms with Crippen LogP contribution in [0.2, 0.25) is 0 Å². The van der Waals surface area contributed by atoms with E-state index in [2.05, 4.69) is 4.98 Å². The number of aliphatic hydroxyl groups excluding tert-OH is 2. The fraction of sp³-hybridized carbons (Fsp3) is 0.613. The molecule has 2 aliphatic carbocycles. The first-order valence-electron chi connectivity index (χ1n) is 14.3. The molecule has 9 atom stereocenters. The summed E-state index contributed by atoms with van der Waals surface area (Å²) in [6, 6.07) is 3.52. The van der Waals surface area contributed by atoms with E-state index in [4.69, 9.17) is 23.7 Å². The third-order valence-electron chi connectivity index (χ3n) is 10.1. The number of aliphatic hydroxyl groups is 2. The van der Waals surface area contributed by atoms with Gasteiger partial charge in [-0.25, -0.2) is 0 Å². The second kappa shape index (κ2) is 10.7. The number of esters is 3. The van der Waals surface area contributed by atoms with Gasteiger partial charge in [-0.1, -0.05) is 13.8 Å². The number of carbonyl (C=O) groups excluding carboxylic acids is 3. The van der Waals surface area contributed by atoms with Crippen molar-refractivity contribution >= 4 is 23.7 Å². The normalized spacial score (nSPS) is 38.8. The van der Waals surface area contributed by atoms with Crippen LogP contribution in [0.15, 0.2) is 41.9 Å². The standard InChI is InChI=1S/C31H39NO10/c1-16(33)38-15-30(5)23(39-17(2)34)10-9-20-26-27(36)25-22(12-21(41-28(25)37)19-8-7-11-32-14-19)42-31(26,6)24(40-18(3)35)13-29(20,30)4/h7-8,11-12,14,20,23-24,26-28,36-37H,9-10,13,15H2,1-6H3. The number of hydrogen-bond donors (Lipinski definition) is 2. The van der Waals surface area contributed by atoms with Gasteiger partial charge >= 0.3 is 17.9 Å². The predicted octanol–water partition coefficient (Wildman–Crippen LogP) is 3.04. The number of carbonyl (C=O) groups is 3. The van der Waals surface area contributed by atoms with Crippen LogP contribution >= 0.6 is 0 Å². The summed E-state index contributed by atoms with van der Waals surface area (Å²) in [6.45, 7) is 9.65. The van der Waals surface area contributed by atoms with Crippen molar-refractivity contribution in [2.24, 2.45) is 22.7 Å². The summed E-state index contributed by atoms with van der Waals surface area (Å²) < 4.78 is 29.8. The van der Waals surface area contributed by atoms with E-state index in [0.29, 0.717) is 24.2 Å². The molecule has 0 saturated heterocycles. The summed E-state index contributed by atoms with van der Waals surface area (Å²) in [4.78, 5) is 40.7. The Kier molecular flexibility index (Phi) is 7.64. The molecule has 0 spiro atoms. The van der Waals surface area contributed by atoms with Crippen LogP contribution in [0, 0.1) is 22.7 Å². The SMILES string of the molecule is CC(=O)OCC1(C)C(OC(C)=O)CCC2C3C(O)C4=C(C=C(c5cccnc5)OC4O)OC3(C)C(OC(C)=O)CC21C. The molecule has 2 saturated carbocycles. The molecule has 0 bridgehead atoms. The van der Waals surface area contributed by atoms with Gasteiger partial charge in [0.1, 0.15) is 35.9 Å². The van der Waals surface area contributed by atoms with Crippen molar-refractivity contribution in [3.63, 3.8) is 0 Å². The maximum absolute atomic E-state index is 12.5. The first-order chi connectivity index (χ1) is 19.7. The van der Waals surface area contributed by atoms with Gasteiger partial charge in [0.15, 0.2) is 0 Å². The van der Waals surface area contributed by atoms with Crippen molar-refractivity contribution in [3.05, 3.63) is 47.5 Å². The highest BCUT2D eigenvalue weighted by molar-refractivity contribution is 5.67. The topological polar surface area (TPSA) is 151 Å². The molecule has 2 N–H and O–H groups in total. The summed E-state index contributed by atoms with van der Waals surface area (Å²) in [6.07, 6.45) is 1.94. The maximum Gasteiger partial charge on any atom is 0.303 e. The maximum atomic E-state index is 12.5. The molecule has 5 rings (SSSR count). The quantitative estimate of drug-likeness (QED) is 0.388. The monoisotopic (exact) mass is 585 g/mol. The first-order valence-corrected chi connectivity index (χ1v) is 14.3. The van der Waals surface area contributed by atoms with E-state index in [-0.39, 0.29) is 30.3 Å².